The number of rotatable bonds is 6. The molecule has 1 fully saturated rings. The lowest BCUT2D eigenvalue weighted by Gasteiger charge is -2.39. The maximum Gasteiger partial charge on any atom is 0.321 e. The topological polar surface area (TPSA) is 125 Å². The molecule has 1 unspecified atom stereocenters. The Morgan fingerprint density at radius 2 is 1.72 bits per heavy atom. The lowest BCUT2D eigenvalue weighted by atomic mass is 10.1. The molecule has 36 heavy (non-hydrogen) atoms. The number of amides is 3. The van der Waals surface area contributed by atoms with Crippen LogP contribution in [0.1, 0.15) is 22.6 Å². The molecule has 1 aliphatic heterocycles. The summed E-state index contributed by atoms with van der Waals surface area (Å²) in [5.74, 6) is -0.350. The van der Waals surface area contributed by atoms with Crippen molar-refractivity contribution in [3.63, 3.8) is 0 Å². The van der Waals surface area contributed by atoms with Crippen molar-refractivity contribution >= 4 is 27.6 Å². The fourth-order valence-electron chi connectivity index (χ4n) is 4.15. The van der Waals surface area contributed by atoms with Gasteiger partial charge >= 0.3 is 6.03 Å². The summed E-state index contributed by atoms with van der Waals surface area (Å²) in [4.78, 5) is 27.7. The van der Waals surface area contributed by atoms with Crippen molar-refractivity contribution in [2.45, 2.75) is 38.3 Å². The molecule has 2 aromatic carbocycles. The molecular formula is C25H29N5O5S. The summed E-state index contributed by atoms with van der Waals surface area (Å²) < 4.78 is 33.4. The van der Waals surface area contributed by atoms with E-state index in [1.807, 2.05) is 49.4 Å². The standard InChI is InChI=1S/C25H29N5O5S/c1-17-9-11-21(12-10-17)27-25(32)29-13-14-30(36(33,34)23-18(2)28-35-19(23)3)22(16-29)24(31)26-15-20-7-5-4-6-8-20/h4-12,22H,13-16H2,1-3H3,(H,26,31)(H,27,32). The van der Waals surface area contributed by atoms with Crippen LogP contribution in [0.2, 0.25) is 0 Å². The van der Waals surface area contributed by atoms with Crippen LogP contribution in [-0.4, -0.2) is 60.4 Å². The van der Waals surface area contributed by atoms with Crippen molar-refractivity contribution in [1.82, 2.24) is 19.7 Å². The number of anilines is 1. The van der Waals surface area contributed by atoms with E-state index < -0.39 is 28.0 Å². The van der Waals surface area contributed by atoms with Crippen molar-refractivity contribution in [3.8, 4) is 0 Å². The van der Waals surface area contributed by atoms with Gasteiger partial charge in [0.2, 0.25) is 15.9 Å². The average molecular weight is 512 g/mol. The zero-order valence-electron chi connectivity index (χ0n) is 20.4. The van der Waals surface area contributed by atoms with Gasteiger partial charge in [0.15, 0.2) is 5.76 Å². The molecule has 2 heterocycles. The SMILES string of the molecule is Cc1ccc(NC(=O)N2CCN(S(=O)(=O)c3c(C)noc3C)C(C(=O)NCc3ccccc3)C2)cc1. The molecule has 1 atom stereocenters. The Hall–Kier alpha value is -3.70. The molecule has 0 radical (unpaired) electrons. The molecule has 3 aromatic rings. The zero-order valence-corrected chi connectivity index (χ0v) is 21.2. The van der Waals surface area contributed by atoms with Gasteiger partial charge < -0.3 is 20.1 Å². The Balaban J connectivity index is 1.57. The Morgan fingerprint density at radius 3 is 2.36 bits per heavy atom. The van der Waals surface area contributed by atoms with E-state index in [1.165, 1.54) is 11.8 Å². The Kier molecular flexibility index (Phi) is 7.41. The largest absolute Gasteiger partial charge is 0.360 e. The van der Waals surface area contributed by atoms with Crippen molar-refractivity contribution in [2.75, 3.05) is 25.0 Å². The lowest BCUT2D eigenvalue weighted by molar-refractivity contribution is -0.126. The zero-order chi connectivity index (χ0) is 25.9. The number of benzene rings is 2. The van der Waals surface area contributed by atoms with E-state index in [9.17, 15) is 18.0 Å². The second-order valence-electron chi connectivity index (χ2n) is 8.73. The van der Waals surface area contributed by atoms with Crippen LogP contribution < -0.4 is 10.6 Å². The molecule has 1 saturated heterocycles. The minimum absolute atomic E-state index is 0.0547. The molecule has 190 valence electrons. The number of piperazine rings is 1. The Morgan fingerprint density at radius 1 is 1.03 bits per heavy atom. The summed E-state index contributed by atoms with van der Waals surface area (Å²) in [7, 11) is -4.11. The van der Waals surface area contributed by atoms with Crippen LogP contribution >= 0.6 is 0 Å². The minimum Gasteiger partial charge on any atom is -0.360 e. The molecule has 0 aliphatic carbocycles. The smallest absolute Gasteiger partial charge is 0.321 e. The molecule has 4 rings (SSSR count). The number of aryl methyl sites for hydroxylation is 3. The van der Waals surface area contributed by atoms with Crippen molar-refractivity contribution < 1.29 is 22.5 Å². The maximum absolute atomic E-state index is 13.6. The summed E-state index contributed by atoms with van der Waals surface area (Å²) >= 11 is 0. The molecule has 11 heteroatoms. The number of hydrogen-bond acceptors (Lipinski definition) is 6. The highest BCUT2D eigenvalue weighted by Crippen LogP contribution is 2.27. The first-order valence-corrected chi connectivity index (χ1v) is 13.0. The quantitative estimate of drug-likeness (QED) is 0.524. The molecule has 3 amide bonds. The third-order valence-corrected chi connectivity index (χ3v) is 8.22. The number of nitrogens with one attached hydrogen (secondary N) is 2. The monoisotopic (exact) mass is 511 g/mol. The van der Waals surface area contributed by atoms with E-state index in [-0.39, 0.29) is 42.5 Å². The molecular weight excluding hydrogens is 482 g/mol. The van der Waals surface area contributed by atoms with Crippen LogP contribution in [0.15, 0.2) is 64.0 Å². The van der Waals surface area contributed by atoms with Crippen LogP contribution in [0.3, 0.4) is 0 Å². The number of nitrogens with zero attached hydrogens (tertiary/aromatic N) is 3. The van der Waals surface area contributed by atoms with E-state index in [0.29, 0.717) is 5.69 Å². The highest BCUT2D eigenvalue weighted by molar-refractivity contribution is 7.89. The lowest BCUT2D eigenvalue weighted by Crippen LogP contribution is -2.61. The fourth-order valence-corrected chi connectivity index (χ4v) is 6.02. The van der Waals surface area contributed by atoms with Crippen LogP contribution in [-0.2, 0) is 21.4 Å². The maximum atomic E-state index is 13.6. The van der Waals surface area contributed by atoms with E-state index in [1.54, 1.807) is 19.1 Å². The number of hydrogen-bond donors (Lipinski definition) is 2. The van der Waals surface area contributed by atoms with Gasteiger partial charge in [-0.15, -0.1) is 0 Å². The fraction of sp³-hybridized carbons (Fsp3) is 0.320. The van der Waals surface area contributed by atoms with Crippen LogP contribution in [0, 0.1) is 20.8 Å². The summed E-state index contributed by atoms with van der Waals surface area (Å²) in [6.07, 6.45) is 0. The van der Waals surface area contributed by atoms with Gasteiger partial charge in [-0.1, -0.05) is 53.2 Å². The number of carbonyl (C=O) groups excluding carboxylic acids is 2. The van der Waals surface area contributed by atoms with Crippen LogP contribution in [0.25, 0.3) is 0 Å². The molecule has 1 aliphatic rings. The first-order chi connectivity index (χ1) is 17.2. The van der Waals surface area contributed by atoms with Crippen LogP contribution in [0.5, 0.6) is 0 Å². The van der Waals surface area contributed by atoms with E-state index in [2.05, 4.69) is 15.8 Å². The van der Waals surface area contributed by atoms with Gasteiger partial charge in [0, 0.05) is 31.9 Å². The summed E-state index contributed by atoms with van der Waals surface area (Å²) in [6, 6.07) is 15.1. The van der Waals surface area contributed by atoms with E-state index >= 15 is 0 Å². The summed E-state index contributed by atoms with van der Waals surface area (Å²) in [6.45, 7) is 5.18. The number of sulfonamides is 1. The van der Waals surface area contributed by atoms with Gasteiger partial charge in [0.25, 0.3) is 0 Å². The Labute approximate surface area is 210 Å². The van der Waals surface area contributed by atoms with Gasteiger partial charge in [0.05, 0.1) is 0 Å². The number of aromatic nitrogens is 1. The van der Waals surface area contributed by atoms with Gasteiger partial charge in [-0.2, -0.15) is 4.31 Å². The normalized spacial score (nSPS) is 16.5. The predicted molar refractivity (Wildman–Crippen MR) is 134 cm³/mol. The van der Waals surface area contributed by atoms with Gasteiger partial charge in [-0.25, -0.2) is 13.2 Å². The van der Waals surface area contributed by atoms with Crippen LogP contribution in [0.4, 0.5) is 10.5 Å². The van der Waals surface area contributed by atoms with Crippen molar-refractivity contribution in [1.29, 1.82) is 0 Å². The number of carbonyl (C=O) groups is 2. The van der Waals surface area contributed by atoms with E-state index in [4.69, 9.17) is 4.52 Å². The molecule has 0 saturated carbocycles. The van der Waals surface area contributed by atoms with Crippen molar-refractivity contribution in [2.24, 2.45) is 0 Å². The molecule has 0 bridgehead atoms. The second kappa shape index (κ2) is 10.5. The minimum atomic E-state index is -4.11. The first-order valence-electron chi connectivity index (χ1n) is 11.6. The average Bonchev–Trinajstić information content (AvgIpc) is 3.22. The molecule has 2 N–H and O–H groups in total. The predicted octanol–water partition coefficient (Wildman–Crippen LogP) is 2.82. The highest BCUT2D eigenvalue weighted by Gasteiger charge is 2.43. The Bertz CT molecular complexity index is 1320. The summed E-state index contributed by atoms with van der Waals surface area (Å²) in [5, 5.41) is 9.40. The van der Waals surface area contributed by atoms with E-state index in [0.717, 1.165) is 15.4 Å². The van der Waals surface area contributed by atoms with Gasteiger partial charge in [-0.05, 0) is 38.5 Å². The second-order valence-corrected chi connectivity index (χ2v) is 10.6. The third kappa shape index (κ3) is 5.42. The number of urea groups is 1. The van der Waals surface area contributed by atoms with Gasteiger partial charge in [-0.3, -0.25) is 4.79 Å². The highest BCUT2D eigenvalue weighted by atomic mass is 32.2. The van der Waals surface area contributed by atoms with Gasteiger partial charge in [0.1, 0.15) is 16.6 Å². The molecule has 10 nitrogen and oxygen atoms in total. The molecule has 0 spiro atoms. The first kappa shape index (κ1) is 25.4. The molecule has 1 aromatic heterocycles. The van der Waals surface area contributed by atoms with Crippen molar-refractivity contribution in [3.05, 3.63) is 77.2 Å². The third-order valence-electron chi connectivity index (χ3n) is 6.07. The summed E-state index contributed by atoms with van der Waals surface area (Å²) in [5.41, 5.74) is 2.76.